The molecule has 2 aromatic carbocycles. The summed E-state index contributed by atoms with van der Waals surface area (Å²) in [5.74, 6) is -9.55. The normalized spacial score (nSPS) is 17.6. The van der Waals surface area contributed by atoms with Crippen LogP contribution in [-0.2, 0) is 4.79 Å². The Labute approximate surface area is 286 Å². The largest absolute Gasteiger partial charge is 0.413 e. The summed E-state index contributed by atoms with van der Waals surface area (Å²) in [6, 6.07) is 1.23. The van der Waals surface area contributed by atoms with Gasteiger partial charge in [0, 0.05) is 27.8 Å². The molecule has 0 heterocycles. The number of aliphatic hydroxyl groups is 1. The molecule has 3 rings (SSSR count). The van der Waals surface area contributed by atoms with Crippen molar-refractivity contribution >= 4 is 37.8 Å². The van der Waals surface area contributed by atoms with Gasteiger partial charge in [0.1, 0.15) is 11.6 Å². The Morgan fingerprint density at radius 1 is 0.896 bits per heavy atom. The number of benzene rings is 2. The van der Waals surface area contributed by atoms with E-state index in [1.54, 1.807) is 6.07 Å². The Morgan fingerprint density at radius 2 is 1.40 bits per heavy atom. The number of nitrogens with zero attached hydrogens (tertiary/aromatic N) is 2. The van der Waals surface area contributed by atoms with Crippen LogP contribution in [-0.4, -0.2) is 70.9 Å². The van der Waals surface area contributed by atoms with E-state index in [0.717, 1.165) is 24.3 Å². The molecule has 2 aromatic rings. The third kappa shape index (κ3) is 10.8. The van der Waals surface area contributed by atoms with E-state index in [-0.39, 0.29) is 23.3 Å². The van der Waals surface area contributed by atoms with Gasteiger partial charge in [0.25, 0.3) is 5.92 Å². The first-order valence-corrected chi connectivity index (χ1v) is 15.9. The van der Waals surface area contributed by atoms with Crippen LogP contribution in [0.4, 0.5) is 43.9 Å². The van der Waals surface area contributed by atoms with Gasteiger partial charge in [0.15, 0.2) is 6.04 Å². The second-order valence-corrected chi connectivity index (χ2v) is 13.5. The van der Waals surface area contributed by atoms with Crippen LogP contribution in [0.25, 0.3) is 0 Å². The van der Waals surface area contributed by atoms with E-state index >= 15 is 8.78 Å². The topological polar surface area (TPSA) is 88.4 Å². The molecule has 0 bridgehead atoms. The molecule has 1 fully saturated rings. The van der Waals surface area contributed by atoms with Gasteiger partial charge in [-0.05, 0) is 55.2 Å². The number of aliphatic hydroxyl groups excluding tert-OH is 1. The van der Waals surface area contributed by atoms with E-state index in [2.05, 4.69) is 31.9 Å². The number of hydrogen-bond acceptors (Lipinski definition) is 5. The summed E-state index contributed by atoms with van der Waals surface area (Å²) in [7, 11) is 0. The molecule has 266 valence electrons. The highest BCUT2D eigenvalue weighted by molar-refractivity contribution is 9.10. The third-order valence-electron chi connectivity index (χ3n) is 7.55. The Hall–Kier alpha value is -2.46. The molecule has 18 heteroatoms. The lowest BCUT2D eigenvalue weighted by atomic mass is 9.98. The fourth-order valence-electron chi connectivity index (χ4n) is 5.16. The summed E-state index contributed by atoms with van der Waals surface area (Å²) in [5, 5.41) is 23.3. The molecule has 4 atom stereocenters. The van der Waals surface area contributed by atoms with E-state index in [1.165, 1.54) is 24.3 Å². The van der Waals surface area contributed by atoms with Crippen LogP contribution in [0.1, 0.15) is 55.8 Å². The maximum absolute atomic E-state index is 15.2. The van der Waals surface area contributed by atoms with Gasteiger partial charge in [0.05, 0.1) is 25.3 Å². The van der Waals surface area contributed by atoms with Crippen molar-refractivity contribution in [2.75, 3.05) is 13.2 Å². The first-order valence-electron chi connectivity index (χ1n) is 14.3. The molecule has 1 aliphatic rings. The van der Waals surface area contributed by atoms with Crippen LogP contribution in [0.3, 0.4) is 0 Å². The summed E-state index contributed by atoms with van der Waals surface area (Å²) < 4.78 is 145. The lowest BCUT2D eigenvalue weighted by molar-refractivity contribution is -0.198. The number of nitriles is 1. The van der Waals surface area contributed by atoms with Gasteiger partial charge in [-0.1, -0.05) is 56.1 Å². The van der Waals surface area contributed by atoms with E-state index in [1.807, 2.05) is 10.6 Å². The molecular weight excluding hydrogens is 798 g/mol. The number of hydrogen-bond donors (Lipinski definition) is 3. The fourth-order valence-corrected chi connectivity index (χ4v) is 5.69. The van der Waals surface area contributed by atoms with Crippen molar-refractivity contribution in [2.24, 2.45) is 0 Å². The van der Waals surface area contributed by atoms with Crippen molar-refractivity contribution in [3.63, 3.8) is 0 Å². The minimum Gasteiger partial charge on any atom is -0.395 e. The standard InChI is InChI=1S/C30H30Br2F10N4O2/c1-26(33,34)13-22(25(48)46(27(15-43)10-11-27)24(30(40,41)42)18-4-8-20(32)9-5-18)44-16-28(35,36)12-21(14-47)45-23(29(37,38)39)17-2-6-19(31)7-3-17/h2-9,21-24,44-45,47H,10-14,16H2,1H3/t21?,22-,23-,24-/m0/s1. The summed E-state index contributed by atoms with van der Waals surface area (Å²) in [6.45, 7) is -2.54. The van der Waals surface area contributed by atoms with Crippen LogP contribution < -0.4 is 10.6 Å². The summed E-state index contributed by atoms with van der Waals surface area (Å²) >= 11 is 6.15. The Balaban J connectivity index is 1.90. The zero-order chi connectivity index (χ0) is 36.3. The van der Waals surface area contributed by atoms with E-state index in [9.17, 15) is 50.3 Å². The number of halogens is 12. The highest BCUT2D eigenvalue weighted by Crippen LogP contribution is 2.51. The number of carbonyl (C=O) groups is 1. The maximum atomic E-state index is 15.2. The highest BCUT2D eigenvalue weighted by atomic mass is 79.9. The Bertz CT molecular complexity index is 1420. The summed E-state index contributed by atoms with van der Waals surface area (Å²) in [6.07, 6.45) is -13.8. The molecule has 1 unspecified atom stereocenters. The second-order valence-electron chi connectivity index (χ2n) is 11.7. The van der Waals surface area contributed by atoms with Crippen LogP contribution in [0.5, 0.6) is 0 Å². The van der Waals surface area contributed by atoms with Crippen molar-refractivity contribution in [1.82, 2.24) is 15.5 Å². The molecular formula is C30H30Br2F10N4O2. The van der Waals surface area contributed by atoms with Gasteiger partial charge in [-0.25, -0.2) is 17.6 Å². The Kier molecular flexibility index (Phi) is 12.7. The smallest absolute Gasteiger partial charge is 0.395 e. The highest BCUT2D eigenvalue weighted by Gasteiger charge is 2.61. The van der Waals surface area contributed by atoms with Gasteiger partial charge in [0.2, 0.25) is 11.8 Å². The zero-order valence-electron chi connectivity index (χ0n) is 25.0. The molecule has 6 nitrogen and oxygen atoms in total. The minimum atomic E-state index is -5.23. The lowest BCUT2D eigenvalue weighted by Gasteiger charge is -2.39. The van der Waals surface area contributed by atoms with E-state index in [4.69, 9.17) is 0 Å². The minimum absolute atomic E-state index is 0.113. The van der Waals surface area contributed by atoms with Gasteiger partial charge in [-0.3, -0.25) is 15.4 Å². The summed E-state index contributed by atoms with van der Waals surface area (Å²) in [4.78, 5) is 13.9. The average molecular weight is 828 g/mol. The molecule has 0 radical (unpaired) electrons. The molecule has 0 aromatic heterocycles. The SMILES string of the molecule is CC(F)(F)C[C@H](NCC(F)(F)CC(CO)N[C@@H](c1ccc(Br)cc1)C(F)(F)F)C(=O)N([C@@H](c1ccc(Br)cc1)C(F)(F)F)C1(C#N)CC1. The van der Waals surface area contributed by atoms with Crippen molar-refractivity contribution in [3.05, 3.63) is 68.6 Å². The second kappa shape index (κ2) is 15.2. The molecule has 0 spiro atoms. The number of nitrogens with one attached hydrogen (secondary N) is 2. The molecule has 48 heavy (non-hydrogen) atoms. The van der Waals surface area contributed by atoms with E-state index < -0.39 is 91.4 Å². The van der Waals surface area contributed by atoms with Crippen molar-refractivity contribution in [2.45, 2.75) is 86.5 Å². The quantitative estimate of drug-likeness (QED) is 0.159. The molecule has 1 amide bonds. The molecule has 3 N–H and O–H groups in total. The van der Waals surface area contributed by atoms with Crippen LogP contribution in [0.2, 0.25) is 0 Å². The fraction of sp³-hybridized carbons (Fsp3) is 0.533. The average Bonchev–Trinajstić information content (AvgIpc) is 3.76. The monoisotopic (exact) mass is 826 g/mol. The first kappa shape index (κ1) is 40.0. The number of carbonyl (C=O) groups excluding carboxylic acids is 1. The first-order chi connectivity index (χ1) is 22.0. The van der Waals surface area contributed by atoms with Crippen molar-refractivity contribution in [1.29, 1.82) is 5.26 Å². The zero-order valence-corrected chi connectivity index (χ0v) is 28.1. The van der Waals surface area contributed by atoms with Crippen LogP contribution in [0.15, 0.2) is 57.5 Å². The number of rotatable bonds is 15. The third-order valence-corrected chi connectivity index (χ3v) is 8.61. The van der Waals surface area contributed by atoms with Crippen molar-refractivity contribution < 1.29 is 53.8 Å². The van der Waals surface area contributed by atoms with Crippen LogP contribution >= 0.6 is 31.9 Å². The van der Waals surface area contributed by atoms with Gasteiger partial charge >= 0.3 is 12.4 Å². The molecule has 0 saturated heterocycles. The van der Waals surface area contributed by atoms with Gasteiger partial charge in [-0.15, -0.1) is 0 Å². The van der Waals surface area contributed by atoms with Gasteiger partial charge < -0.3 is 10.0 Å². The van der Waals surface area contributed by atoms with Crippen LogP contribution in [0, 0.1) is 11.3 Å². The Morgan fingerprint density at radius 3 is 1.79 bits per heavy atom. The maximum Gasteiger partial charge on any atom is 0.413 e. The van der Waals surface area contributed by atoms with Crippen molar-refractivity contribution in [3.8, 4) is 6.07 Å². The number of alkyl halides is 10. The lowest BCUT2D eigenvalue weighted by Crippen LogP contribution is -2.58. The predicted octanol–water partition coefficient (Wildman–Crippen LogP) is 7.98. The van der Waals surface area contributed by atoms with E-state index in [0.29, 0.717) is 15.9 Å². The molecule has 0 aliphatic heterocycles. The number of amides is 1. The molecule has 1 aliphatic carbocycles. The predicted molar refractivity (Wildman–Crippen MR) is 161 cm³/mol. The molecule has 1 saturated carbocycles. The summed E-state index contributed by atoms with van der Waals surface area (Å²) in [5.41, 5.74) is -2.95. The van der Waals surface area contributed by atoms with Gasteiger partial charge in [-0.2, -0.15) is 31.6 Å².